The van der Waals surface area contributed by atoms with Crippen molar-refractivity contribution in [3.8, 4) is 11.3 Å². The van der Waals surface area contributed by atoms with Crippen LogP contribution in [0.3, 0.4) is 0 Å². The molecule has 2 saturated carbocycles. The van der Waals surface area contributed by atoms with Gasteiger partial charge in [-0.15, -0.1) is 0 Å². The zero-order valence-corrected chi connectivity index (χ0v) is 15.6. The molecule has 3 fully saturated rings. The van der Waals surface area contributed by atoms with Crippen molar-refractivity contribution < 1.29 is 4.74 Å². The second-order valence-corrected chi connectivity index (χ2v) is 8.16. The van der Waals surface area contributed by atoms with E-state index in [0.717, 1.165) is 41.8 Å². The molecule has 3 heterocycles. The highest BCUT2D eigenvalue weighted by Gasteiger charge is 2.57. The average Bonchev–Trinajstić information content (AvgIpc) is 3.51. The van der Waals surface area contributed by atoms with E-state index in [-0.39, 0.29) is 0 Å². The Hall–Kier alpha value is -1.92. The Morgan fingerprint density at radius 3 is 2.69 bits per heavy atom. The lowest BCUT2D eigenvalue weighted by Gasteiger charge is -2.20. The van der Waals surface area contributed by atoms with Gasteiger partial charge in [-0.05, 0) is 43.2 Å². The summed E-state index contributed by atoms with van der Waals surface area (Å²) >= 11 is 0. The summed E-state index contributed by atoms with van der Waals surface area (Å²) < 4.78 is 7.72. The van der Waals surface area contributed by atoms with Crippen molar-refractivity contribution in [2.45, 2.75) is 31.7 Å². The molecule has 138 valence electrons. The van der Waals surface area contributed by atoms with E-state index < -0.39 is 0 Å². The molecule has 1 saturated heterocycles. The number of aromatic nitrogens is 3. The predicted octanol–water partition coefficient (Wildman–Crippen LogP) is 2.46. The third-order valence-corrected chi connectivity index (χ3v) is 6.28. The summed E-state index contributed by atoms with van der Waals surface area (Å²) in [5, 5.41) is 0. The number of nitrogen functional groups attached to an aromatic ring is 1. The minimum atomic E-state index is 0.600. The Labute approximate surface area is 154 Å². The number of fused-ring (bicyclic) bond motifs is 1. The Kier molecular flexibility index (Phi) is 3.79. The zero-order valence-electron chi connectivity index (χ0n) is 15.6. The fraction of sp³-hybridized carbons (Fsp3) is 0.600. The standard InChI is InChI=1S/C20H27N5O/c1-12-7-14(8-22-19(12)21)17-11-25(20(23-17)13-3-4-13)18-15-9-24(5-6-26-2)10-16(15)18/h7-8,11,13,15-16,18H,3-6,9-10H2,1-2H3,(H2,21,22)/t15-,16+,18?. The first-order valence-corrected chi connectivity index (χ1v) is 9.68. The first-order chi connectivity index (χ1) is 12.7. The number of nitrogens with zero attached hydrogens (tertiary/aromatic N) is 4. The second kappa shape index (κ2) is 6.06. The smallest absolute Gasteiger partial charge is 0.126 e. The van der Waals surface area contributed by atoms with Crippen LogP contribution in [0.25, 0.3) is 11.3 Å². The first-order valence-electron chi connectivity index (χ1n) is 9.68. The fourth-order valence-corrected chi connectivity index (χ4v) is 4.55. The maximum atomic E-state index is 5.88. The van der Waals surface area contributed by atoms with E-state index in [2.05, 4.69) is 26.7 Å². The molecule has 3 aliphatic rings. The molecule has 26 heavy (non-hydrogen) atoms. The number of piperidine rings is 1. The molecular formula is C20H27N5O. The van der Waals surface area contributed by atoms with Crippen LogP contribution in [0.4, 0.5) is 5.82 Å². The van der Waals surface area contributed by atoms with Crippen molar-refractivity contribution in [1.29, 1.82) is 0 Å². The van der Waals surface area contributed by atoms with Gasteiger partial charge in [0.2, 0.25) is 0 Å². The molecule has 2 aromatic rings. The van der Waals surface area contributed by atoms with Crippen LogP contribution in [0.15, 0.2) is 18.5 Å². The van der Waals surface area contributed by atoms with Crippen LogP contribution in [-0.4, -0.2) is 52.8 Å². The minimum Gasteiger partial charge on any atom is -0.383 e. The van der Waals surface area contributed by atoms with Crippen molar-refractivity contribution in [2.75, 3.05) is 39.1 Å². The molecule has 1 aliphatic heterocycles. The van der Waals surface area contributed by atoms with E-state index in [9.17, 15) is 0 Å². The number of anilines is 1. The Morgan fingerprint density at radius 1 is 1.27 bits per heavy atom. The van der Waals surface area contributed by atoms with Crippen LogP contribution in [0.1, 0.15) is 36.2 Å². The topological polar surface area (TPSA) is 69.2 Å². The summed E-state index contributed by atoms with van der Waals surface area (Å²) in [7, 11) is 1.78. The van der Waals surface area contributed by atoms with Crippen LogP contribution < -0.4 is 5.73 Å². The Bertz CT molecular complexity index is 816. The van der Waals surface area contributed by atoms with Gasteiger partial charge in [-0.3, -0.25) is 0 Å². The summed E-state index contributed by atoms with van der Waals surface area (Å²) in [6.45, 7) is 6.27. The van der Waals surface area contributed by atoms with Gasteiger partial charge < -0.3 is 19.9 Å². The minimum absolute atomic E-state index is 0.600. The number of methoxy groups -OCH3 is 1. The number of imidazole rings is 1. The number of pyridine rings is 1. The normalized spacial score (nSPS) is 27.7. The van der Waals surface area contributed by atoms with E-state index in [1.807, 2.05) is 13.1 Å². The number of hydrogen-bond acceptors (Lipinski definition) is 5. The highest BCUT2D eigenvalue weighted by Crippen LogP contribution is 2.57. The monoisotopic (exact) mass is 353 g/mol. The van der Waals surface area contributed by atoms with Gasteiger partial charge in [0.1, 0.15) is 11.6 Å². The Morgan fingerprint density at radius 2 is 2.04 bits per heavy atom. The lowest BCUT2D eigenvalue weighted by molar-refractivity contribution is 0.152. The van der Waals surface area contributed by atoms with Crippen molar-refractivity contribution >= 4 is 5.82 Å². The van der Waals surface area contributed by atoms with E-state index >= 15 is 0 Å². The van der Waals surface area contributed by atoms with Crippen LogP contribution in [0.2, 0.25) is 0 Å². The second-order valence-electron chi connectivity index (χ2n) is 8.16. The summed E-state index contributed by atoms with van der Waals surface area (Å²) in [4.78, 5) is 11.9. The van der Waals surface area contributed by atoms with Gasteiger partial charge in [0, 0.05) is 56.7 Å². The van der Waals surface area contributed by atoms with Gasteiger partial charge in [-0.1, -0.05) is 0 Å². The van der Waals surface area contributed by atoms with Crippen LogP contribution >= 0.6 is 0 Å². The van der Waals surface area contributed by atoms with E-state index in [4.69, 9.17) is 15.5 Å². The van der Waals surface area contributed by atoms with E-state index in [0.29, 0.717) is 17.8 Å². The molecule has 0 spiro atoms. The molecule has 3 atom stereocenters. The zero-order chi connectivity index (χ0) is 17.8. The molecule has 2 N–H and O–H groups in total. The van der Waals surface area contributed by atoms with Crippen LogP contribution in [-0.2, 0) is 4.74 Å². The number of aryl methyl sites for hydroxylation is 1. The molecule has 6 heteroatoms. The molecular weight excluding hydrogens is 326 g/mol. The first kappa shape index (κ1) is 16.3. The lowest BCUT2D eigenvalue weighted by Crippen LogP contribution is -2.28. The molecule has 0 amide bonds. The maximum absolute atomic E-state index is 5.88. The third-order valence-electron chi connectivity index (χ3n) is 6.28. The largest absolute Gasteiger partial charge is 0.383 e. The van der Waals surface area contributed by atoms with Gasteiger partial charge in [0.15, 0.2) is 0 Å². The summed E-state index contributed by atoms with van der Waals surface area (Å²) in [5.74, 6) is 4.09. The maximum Gasteiger partial charge on any atom is 0.126 e. The number of ether oxygens (including phenoxy) is 1. The molecule has 5 rings (SSSR count). The van der Waals surface area contributed by atoms with Crippen molar-refractivity contribution in [2.24, 2.45) is 11.8 Å². The van der Waals surface area contributed by atoms with Crippen LogP contribution in [0, 0.1) is 18.8 Å². The van der Waals surface area contributed by atoms with E-state index in [1.165, 1.54) is 31.8 Å². The molecule has 2 aromatic heterocycles. The van der Waals surface area contributed by atoms with E-state index in [1.54, 1.807) is 7.11 Å². The average molecular weight is 353 g/mol. The SMILES string of the molecule is COCCN1C[C@@H]2C(n3cc(-c4cnc(N)c(C)c4)nc3C3CC3)[C@@H]2C1. The fourth-order valence-electron chi connectivity index (χ4n) is 4.55. The molecule has 6 nitrogen and oxygen atoms in total. The van der Waals surface area contributed by atoms with Gasteiger partial charge in [0.05, 0.1) is 12.3 Å². The van der Waals surface area contributed by atoms with Gasteiger partial charge >= 0.3 is 0 Å². The molecule has 1 unspecified atom stereocenters. The number of rotatable bonds is 6. The van der Waals surface area contributed by atoms with Gasteiger partial charge in [0.25, 0.3) is 0 Å². The van der Waals surface area contributed by atoms with Crippen molar-refractivity contribution in [3.05, 3.63) is 29.8 Å². The predicted molar refractivity (Wildman–Crippen MR) is 101 cm³/mol. The molecule has 0 bridgehead atoms. The molecule has 0 radical (unpaired) electrons. The lowest BCUT2D eigenvalue weighted by atomic mass is 10.1. The van der Waals surface area contributed by atoms with Crippen molar-refractivity contribution in [3.63, 3.8) is 0 Å². The number of hydrogen-bond donors (Lipinski definition) is 1. The summed E-state index contributed by atoms with van der Waals surface area (Å²) in [5.41, 5.74) is 9.01. The number of nitrogens with two attached hydrogens (primary N) is 1. The van der Waals surface area contributed by atoms with Crippen molar-refractivity contribution in [1.82, 2.24) is 19.4 Å². The highest BCUT2D eigenvalue weighted by atomic mass is 16.5. The molecule has 0 aromatic carbocycles. The van der Waals surface area contributed by atoms with Gasteiger partial charge in [-0.25, -0.2) is 9.97 Å². The number of likely N-dealkylation sites (tertiary alicyclic amines) is 1. The quantitative estimate of drug-likeness (QED) is 0.864. The highest BCUT2D eigenvalue weighted by molar-refractivity contribution is 5.61. The molecule has 2 aliphatic carbocycles. The van der Waals surface area contributed by atoms with Crippen LogP contribution in [0.5, 0.6) is 0 Å². The van der Waals surface area contributed by atoms with Gasteiger partial charge in [-0.2, -0.15) is 0 Å². The third kappa shape index (κ3) is 2.72. The summed E-state index contributed by atoms with van der Waals surface area (Å²) in [6, 6.07) is 2.74. The Balaban J connectivity index is 1.39. The summed E-state index contributed by atoms with van der Waals surface area (Å²) in [6.07, 6.45) is 6.67.